The lowest BCUT2D eigenvalue weighted by Crippen LogP contribution is -2.73. The van der Waals surface area contributed by atoms with Crippen molar-refractivity contribution in [2.24, 2.45) is 28.6 Å². The first-order valence-electron chi connectivity index (χ1n) is 12.0. The van der Waals surface area contributed by atoms with Crippen molar-refractivity contribution in [3.8, 4) is 0 Å². The monoisotopic (exact) mass is 456 g/mol. The molecule has 0 radical (unpaired) electrons. The van der Waals surface area contributed by atoms with E-state index >= 15 is 8.78 Å². The summed E-state index contributed by atoms with van der Waals surface area (Å²) in [6.45, 7) is 5.39. The number of halogens is 2. The Morgan fingerprint density at radius 3 is 2.56 bits per heavy atom. The molecule has 2 N–H and O–H groups in total. The molecule has 8 heteroatoms. The lowest BCUT2D eigenvalue weighted by atomic mass is 9.41. The standard InChI is InChI=1S/C24H34F2O6/c1-4-5-19-31-18-10-13-14-9-16(25)15-8-12(27)6-7-21(15,2)23(14,26)17(28)11-22(13,3)24(18,32-19)20(29)30/h13-19,28H,4-11H2,1-3H3,(H,29,30)/t13-,14-,15?,16-,17-,18+,19?,21-,22-,23-,24-/m0/s1. The van der Waals surface area contributed by atoms with Crippen LogP contribution in [0.25, 0.3) is 0 Å². The van der Waals surface area contributed by atoms with E-state index in [-0.39, 0.29) is 44.3 Å². The molecule has 6 nitrogen and oxygen atoms in total. The highest BCUT2D eigenvalue weighted by molar-refractivity contribution is 5.81. The number of carboxylic acids is 1. The maximum absolute atomic E-state index is 17.2. The Morgan fingerprint density at radius 1 is 1.19 bits per heavy atom. The topological polar surface area (TPSA) is 93.1 Å². The molecule has 0 bridgehead atoms. The van der Waals surface area contributed by atoms with Crippen LogP contribution in [0.3, 0.4) is 0 Å². The van der Waals surface area contributed by atoms with E-state index < -0.39 is 70.5 Å². The van der Waals surface area contributed by atoms with Gasteiger partial charge in [0.2, 0.25) is 0 Å². The molecule has 1 aliphatic heterocycles. The number of ketones is 1. The second kappa shape index (κ2) is 6.95. The molecule has 0 aromatic rings. The summed E-state index contributed by atoms with van der Waals surface area (Å²) >= 11 is 0. The van der Waals surface area contributed by atoms with Crippen LogP contribution in [0.15, 0.2) is 0 Å². The molecule has 1 saturated heterocycles. The number of alkyl halides is 2. The summed E-state index contributed by atoms with van der Waals surface area (Å²) < 4.78 is 44.8. The number of rotatable bonds is 3. The molecule has 4 saturated carbocycles. The van der Waals surface area contributed by atoms with Gasteiger partial charge in [0.05, 0.1) is 6.10 Å². The van der Waals surface area contributed by atoms with Crippen molar-refractivity contribution in [1.82, 2.24) is 0 Å². The normalized spacial score (nSPS) is 56.8. The van der Waals surface area contributed by atoms with Crippen LogP contribution in [-0.2, 0) is 19.1 Å². The smallest absolute Gasteiger partial charge is 0.339 e. The number of carbonyl (C=O) groups excluding carboxylic acids is 1. The molecular weight excluding hydrogens is 422 g/mol. The number of hydrogen-bond acceptors (Lipinski definition) is 5. The Kier molecular flexibility index (Phi) is 4.92. The summed E-state index contributed by atoms with van der Waals surface area (Å²) in [5, 5.41) is 21.7. The van der Waals surface area contributed by atoms with Crippen molar-refractivity contribution in [2.75, 3.05) is 0 Å². The Morgan fingerprint density at radius 2 is 1.91 bits per heavy atom. The number of aliphatic hydroxyl groups excluding tert-OH is 1. The highest BCUT2D eigenvalue weighted by Crippen LogP contribution is 2.72. The fourth-order valence-corrected chi connectivity index (χ4v) is 8.58. The third-order valence-corrected chi connectivity index (χ3v) is 10.2. The molecule has 4 aliphatic carbocycles. The van der Waals surface area contributed by atoms with E-state index in [0.717, 1.165) is 6.42 Å². The van der Waals surface area contributed by atoms with E-state index in [4.69, 9.17) is 9.47 Å². The van der Waals surface area contributed by atoms with Crippen molar-refractivity contribution in [2.45, 2.75) is 108 Å². The Hall–Kier alpha value is -1.12. The predicted octanol–water partition coefficient (Wildman–Crippen LogP) is 3.58. The molecule has 0 aromatic heterocycles. The summed E-state index contributed by atoms with van der Waals surface area (Å²) in [7, 11) is 0. The number of Topliss-reactive ketones (excluding diaryl/α,β-unsaturated/α-hetero) is 1. The van der Waals surface area contributed by atoms with Gasteiger partial charge in [0.1, 0.15) is 23.7 Å². The molecule has 1 heterocycles. The van der Waals surface area contributed by atoms with Gasteiger partial charge in [-0.2, -0.15) is 0 Å². The molecule has 2 unspecified atom stereocenters. The number of aliphatic carboxylic acids is 1. The van der Waals surface area contributed by atoms with Gasteiger partial charge >= 0.3 is 5.97 Å². The minimum absolute atomic E-state index is 0.00266. The van der Waals surface area contributed by atoms with Crippen LogP contribution in [0.4, 0.5) is 8.78 Å². The van der Waals surface area contributed by atoms with E-state index in [1.165, 1.54) is 0 Å². The minimum atomic E-state index is -2.09. The number of carbonyl (C=O) groups is 2. The van der Waals surface area contributed by atoms with Gasteiger partial charge < -0.3 is 19.7 Å². The quantitative estimate of drug-likeness (QED) is 0.674. The lowest BCUT2D eigenvalue weighted by Gasteiger charge is -2.65. The van der Waals surface area contributed by atoms with Crippen LogP contribution >= 0.6 is 0 Å². The summed E-state index contributed by atoms with van der Waals surface area (Å²) in [6, 6.07) is 0. The molecular formula is C24H34F2O6. The van der Waals surface area contributed by atoms with Gasteiger partial charge in [-0.1, -0.05) is 27.2 Å². The van der Waals surface area contributed by atoms with Crippen LogP contribution in [0.1, 0.15) is 72.1 Å². The first-order valence-corrected chi connectivity index (χ1v) is 12.0. The van der Waals surface area contributed by atoms with Crippen molar-refractivity contribution in [1.29, 1.82) is 0 Å². The number of ether oxygens (including phenoxy) is 2. The third kappa shape index (κ3) is 2.44. The van der Waals surface area contributed by atoms with Crippen LogP contribution in [0.2, 0.25) is 0 Å². The fraction of sp³-hybridized carbons (Fsp3) is 0.917. The van der Waals surface area contributed by atoms with Crippen LogP contribution in [0, 0.1) is 28.6 Å². The highest BCUT2D eigenvalue weighted by Gasteiger charge is 2.81. The first kappa shape index (κ1) is 22.7. The van der Waals surface area contributed by atoms with Gasteiger partial charge in [0.25, 0.3) is 0 Å². The zero-order chi connectivity index (χ0) is 23.3. The van der Waals surface area contributed by atoms with Crippen LogP contribution in [0.5, 0.6) is 0 Å². The van der Waals surface area contributed by atoms with E-state index in [0.29, 0.717) is 6.42 Å². The van der Waals surface area contributed by atoms with E-state index in [9.17, 15) is 19.8 Å². The SMILES string of the molecule is CCCC1O[C@@H]2C[C@H]3[C@@H]4C[C@H](F)C5CC(=O)CC[C@]5(C)[C@@]4(F)[C@@H](O)C[C@]3(C)[C@]2(C(=O)O)O1. The molecule has 5 rings (SSSR count). The molecule has 0 amide bonds. The van der Waals surface area contributed by atoms with Crippen LogP contribution < -0.4 is 0 Å². The Balaban J connectivity index is 1.58. The molecule has 11 atom stereocenters. The van der Waals surface area contributed by atoms with Gasteiger partial charge in [-0.05, 0) is 38.0 Å². The summed E-state index contributed by atoms with van der Waals surface area (Å²) in [4.78, 5) is 24.7. The maximum Gasteiger partial charge on any atom is 0.339 e. The van der Waals surface area contributed by atoms with E-state index in [1.807, 2.05) is 6.92 Å². The van der Waals surface area contributed by atoms with Crippen molar-refractivity contribution in [3.63, 3.8) is 0 Å². The number of fused-ring (bicyclic) bond motifs is 7. The first-order chi connectivity index (χ1) is 15.0. The summed E-state index contributed by atoms with van der Waals surface area (Å²) in [5.74, 6) is -3.35. The number of hydrogen-bond donors (Lipinski definition) is 2. The van der Waals surface area contributed by atoms with Gasteiger partial charge in [-0.15, -0.1) is 0 Å². The molecule has 32 heavy (non-hydrogen) atoms. The highest BCUT2D eigenvalue weighted by atomic mass is 19.1. The predicted molar refractivity (Wildman–Crippen MR) is 109 cm³/mol. The molecule has 5 fully saturated rings. The van der Waals surface area contributed by atoms with Gasteiger partial charge in [-0.3, -0.25) is 4.79 Å². The average molecular weight is 457 g/mol. The fourth-order valence-electron chi connectivity index (χ4n) is 8.58. The largest absolute Gasteiger partial charge is 0.479 e. The Labute approximate surface area is 187 Å². The van der Waals surface area contributed by atoms with Crippen molar-refractivity contribution in [3.05, 3.63) is 0 Å². The van der Waals surface area contributed by atoms with E-state index in [2.05, 4.69) is 0 Å². The van der Waals surface area contributed by atoms with Crippen molar-refractivity contribution < 1.29 is 38.1 Å². The lowest BCUT2D eigenvalue weighted by molar-refractivity contribution is -0.273. The zero-order valence-electron chi connectivity index (χ0n) is 19.0. The average Bonchev–Trinajstić information content (AvgIpc) is 3.19. The maximum atomic E-state index is 17.2. The molecule has 5 aliphatic rings. The summed E-state index contributed by atoms with van der Waals surface area (Å²) in [6.07, 6.45) is -2.53. The second-order valence-electron chi connectivity index (χ2n) is 11.4. The van der Waals surface area contributed by atoms with Gasteiger partial charge in [-0.25, -0.2) is 13.6 Å². The van der Waals surface area contributed by atoms with Gasteiger partial charge in [0.15, 0.2) is 11.9 Å². The second-order valence-corrected chi connectivity index (χ2v) is 11.4. The van der Waals surface area contributed by atoms with Crippen molar-refractivity contribution >= 4 is 11.8 Å². The number of carboxylic acid groups (broad SMARTS) is 1. The Bertz CT molecular complexity index is 837. The minimum Gasteiger partial charge on any atom is -0.479 e. The molecule has 0 aromatic carbocycles. The van der Waals surface area contributed by atoms with E-state index in [1.54, 1.807) is 13.8 Å². The molecule has 180 valence electrons. The summed E-state index contributed by atoms with van der Waals surface area (Å²) in [5.41, 5.74) is -6.05. The van der Waals surface area contributed by atoms with Crippen LogP contribution in [-0.4, -0.2) is 57.9 Å². The molecule has 0 spiro atoms. The number of aliphatic hydroxyl groups is 1. The third-order valence-electron chi connectivity index (χ3n) is 10.2. The van der Waals surface area contributed by atoms with Gasteiger partial charge in [0, 0.05) is 35.5 Å². The zero-order valence-corrected chi connectivity index (χ0v) is 19.0.